The summed E-state index contributed by atoms with van der Waals surface area (Å²) in [5.74, 6) is 1.69. The first-order valence-corrected chi connectivity index (χ1v) is 31.1. The smallest absolute Gasteiger partial charge is 0.306 e. The normalized spacial score (nSPS) is 12.1. The Morgan fingerprint density at radius 3 is 0.623 bits per heavy atom. The van der Waals surface area contributed by atoms with E-state index in [-0.39, 0.29) is 31.1 Å². The Kier molecular flexibility index (Phi) is 52.9. The van der Waals surface area contributed by atoms with Crippen LogP contribution in [0.15, 0.2) is 0 Å². The van der Waals surface area contributed by atoms with Gasteiger partial charge in [-0.25, -0.2) is 0 Å². The molecule has 0 bridgehead atoms. The van der Waals surface area contributed by atoms with Crippen LogP contribution in [0.25, 0.3) is 0 Å². The van der Waals surface area contributed by atoms with Gasteiger partial charge in [-0.1, -0.05) is 311 Å². The Balaban J connectivity index is 4.26. The lowest BCUT2D eigenvalue weighted by molar-refractivity contribution is -0.167. The van der Waals surface area contributed by atoms with Crippen molar-refractivity contribution in [2.24, 2.45) is 17.8 Å². The summed E-state index contributed by atoms with van der Waals surface area (Å²) in [4.78, 5) is 38.2. The minimum Gasteiger partial charge on any atom is -0.462 e. The number of carbonyl (C=O) groups is 3. The summed E-state index contributed by atoms with van der Waals surface area (Å²) in [7, 11) is 0. The summed E-state index contributed by atoms with van der Waals surface area (Å²) in [6, 6.07) is 0. The summed E-state index contributed by atoms with van der Waals surface area (Å²) in [6.07, 6.45) is 58.2. The fourth-order valence-corrected chi connectivity index (χ4v) is 9.71. The summed E-state index contributed by atoms with van der Waals surface area (Å²) in [6.45, 7) is 13.8. The lowest BCUT2D eigenvalue weighted by Gasteiger charge is -2.18. The molecular formula is C63H122O6. The monoisotopic (exact) mass is 975 g/mol. The van der Waals surface area contributed by atoms with Gasteiger partial charge in [-0.15, -0.1) is 0 Å². The average molecular weight is 976 g/mol. The van der Waals surface area contributed by atoms with Crippen molar-refractivity contribution >= 4 is 17.9 Å². The fourth-order valence-electron chi connectivity index (χ4n) is 9.71. The molecule has 0 saturated carbocycles. The van der Waals surface area contributed by atoms with Gasteiger partial charge >= 0.3 is 17.9 Å². The molecule has 0 aromatic rings. The van der Waals surface area contributed by atoms with Crippen LogP contribution in [0, 0.1) is 17.8 Å². The molecule has 0 saturated heterocycles. The minimum atomic E-state index is -0.764. The Bertz CT molecular complexity index is 1070. The van der Waals surface area contributed by atoms with E-state index in [0.29, 0.717) is 19.3 Å². The second-order valence-corrected chi connectivity index (χ2v) is 23.1. The van der Waals surface area contributed by atoms with E-state index >= 15 is 0 Å². The van der Waals surface area contributed by atoms with Crippen molar-refractivity contribution in [2.75, 3.05) is 13.2 Å². The van der Waals surface area contributed by atoms with Crippen LogP contribution < -0.4 is 0 Å². The number of unbranched alkanes of at least 4 members (excludes halogenated alkanes) is 39. The molecule has 6 nitrogen and oxygen atoms in total. The van der Waals surface area contributed by atoms with E-state index in [1.165, 1.54) is 231 Å². The van der Waals surface area contributed by atoms with E-state index in [0.717, 1.165) is 75.5 Å². The zero-order chi connectivity index (χ0) is 50.5. The van der Waals surface area contributed by atoms with Crippen molar-refractivity contribution in [3.8, 4) is 0 Å². The Labute approximate surface area is 431 Å². The van der Waals surface area contributed by atoms with Gasteiger partial charge in [-0.3, -0.25) is 14.4 Å². The predicted octanol–water partition coefficient (Wildman–Crippen LogP) is 20.7. The molecule has 0 aromatic heterocycles. The van der Waals surface area contributed by atoms with Crippen molar-refractivity contribution in [1.82, 2.24) is 0 Å². The van der Waals surface area contributed by atoms with E-state index in [9.17, 15) is 14.4 Å². The number of carbonyl (C=O) groups excluding carboxylic acids is 3. The molecule has 0 aromatic carbocycles. The molecule has 0 N–H and O–H groups in total. The SMILES string of the molecule is CC(C)CCCCCCCCCCCCCCCCCCCCC(=O)OC[C@@H](COC(=O)CCCCCCCCCCCCCC(C)C)OC(=O)CCCCCCCCCCCCCCCC(C)C. The number of esters is 3. The Morgan fingerprint density at radius 1 is 0.246 bits per heavy atom. The van der Waals surface area contributed by atoms with Gasteiger partial charge in [0.2, 0.25) is 0 Å². The molecular weight excluding hydrogens is 853 g/mol. The van der Waals surface area contributed by atoms with Crippen molar-refractivity contribution < 1.29 is 28.6 Å². The molecule has 0 aliphatic carbocycles. The molecule has 0 heterocycles. The topological polar surface area (TPSA) is 78.9 Å². The standard InChI is InChI=1S/C63H122O6/c1-57(2)49-43-37-31-25-19-14-11-9-7-8-10-12-16-22-28-34-40-46-52-61(64)67-55-60(56-68-62(65)53-47-41-35-29-24-18-21-27-33-39-45-51-59(5)6)69-63(66)54-48-42-36-30-23-17-13-15-20-26-32-38-44-50-58(3)4/h57-60H,7-56H2,1-6H3/t60-/m0/s1. The summed E-state index contributed by atoms with van der Waals surface area (Å²) in [5.41, 5.74) is 0. The van der Waals surface area contributed by atoms with Gasteiger partial charge in [0.1, 0.15) is 13.2 Å². The molecule has 0 aliphatic rings. The Morgan fingerprint density at radius 2 is 0.420 bits per heavy atom. The second kappa shape index (κ2) is 54.2. The first-order valence-electron chi connectivity index (χ1n) is 31.1. The fraction of sp³-hybridized carbons (Fsp3) is 0.952. The maximum absolute atomic E-state index is 12.9. The Hall–Kier alpha value is -1.59. The molecule has 0 rings (SSSR count). The van der Waals surface area contributed by atoms with Crippen LogP contribution in [0.1, 0.15) is 350 Å². The molecule has 69 heavy (non-hydrogen) atoms. The summed E-state index contributed by atoms with van der Waals surface area (Å²) in [5, 5.41) is 0. The van der Waals surface area contributed by atoms with Crippen LogP contribution in [0.4, 0.5) is 0 Å². The molecule has 6 heteroatoms. The lowest BCUT2D eigenvalue weighted by atomic mass is 10.0. The van der Waals surface area contributed by atoms with E-state index in [1.54, 1.807) is 0 Å². The van der Waals surface area contributed by atoms with Crippen LogP contribution in [-0.4, -0.2) is 37.2 Å². The third-order valence-corrected chi connectivity index (χ3v) is 14.4. The number of rotatable bonds is 56. The van der Waals surface area contributed by atoms with Gasteiger partial charge in [-0.05, 0) is 37.0 Å². The molecule has 0 amide bonds. The highest BCUT2D eigenvalue weighted by Crippen LogP contribution is 2.19. The zero-order valence-electron chi connectivity index (χ0n) is 47.6. The van der Waals surface area contributed by atoms with Crippen molar-refractivity contribution in [2.45, 2.75) is 356 Å². The lowest BCUT2D eigenvalue weighted by Crippen LogP contribution is -2.30. The van der Waals surface area contributed by atoms with Gasteiger partial charge in [0.25, 0.3) is 0 Å². The van der Waals surface area contributed by atoms with Gasteiger partial charge < -0.3 is 14.2 Å². The van der Waals surface area contributed by atoms with Crippen LogP contribution in [0.3, 0.4) is 0 Å². The third-order valence-electron chi connectivity index (χ3n) is 14.4. The molecule has 410 valence electrons. The average Bonchev–Trinajstić information content (AvgIpc) is 3.31. The van der Waals surface area contributed by atoms with E-state index in [2.05, 4.69) is 41.5 Å². The van der Waals surface area contributed by atoms with Crippen LogP contribution in [0.2, 0.25) is 0 Å². The van der Waals surface area contributed by atoms with Crippen molar-refractivity contribution in [3.05, 3.63) is 0 Å². The van der Waals surface area contributed by atoms with Gasteiger partial charge in [0, 0.05) is 19.3 Å². The van der Waals surface area contributed by atoms with Crippen molar-refractivity contribution in [3.63, 3.8) is 0 Å². The summed E-state index contributed by atoms with van der Waals surface area (Å²) >= 11 is 0. The molecule has 0 spiro atoms. The number of ether oxygens (including phenoxy) is 3. The van der Waals surface area contributed by atoms with Gasteiger partial charge in [-0.2, -0.15) is 0 Å². The highest BCUT2D eigenvalue weighted by molar-refractivity contribution is 5.71. The predicted molar refractivity (Wildman–Crippen MR) is 298 cm³/mol. The number of hydrogen-bond donors (Lipinski definition) is 0. The van der Waals surface area contributed by atoms with Crippen LogP contribution in [0.5, 0.6) is 0 Å². The highest BCUT2D eigenvalue weighted by Gasteiger charge is 2.19. The largest absolute Gasteiger partial charge is 0.462 e. The van der Waals surface area contributed by atoms with Crippen molar-refractivity contribution in [1.29, 1.82) is 0 Å². The van der Waals surface area contributed by atoms with E-state index in [4.69, 9.17) is 14.2 Å². The quantitative estimate of drug-likeness (QED) is 0.0343. The van der Waals surface area contributed by atoms with E-state index in [1.807, 2.05) is 0 Å². The third kappa shape index (κ3) is 57.2. The van der Waals surface area contributed by atoms with Gasteiger partial charge in [0.15, 0.2) is 6.10 Å². The molecule has 0 radical (unpaired) electrons. The zero-order valence-corrected chi connectivity index (χ0v) is 47.6. The van der Waals surface area contributed by atoms with E-state index < -0.39 is 6.10 Å². The summed E-state index contributed by atoms with van der Waals surface area (Å²) < 4.78 is 16.9. The molecule has 0 unspecified atom stereocenters. The van der Waals surface area contributed by atoms with Crippen LogP contribution >= 0.6 is 0 Å². The minimum absolute atomic E-state index is 0.0629. The first-order chi connectivity index (χ1) is 33.6. The maximum Gasteiger partial charge on any atom is 0.306 e. The molecule has 0 aliphatic heterocycles. The highest BCUT2D eigenvalue weighted by atomic mass is 16.6. The van der Waals surface area contributed by atoms with Gasteiger partial charge in [0.05, 0.1) is 0 Å². The first kappa shape index (κ1) is 67.4. The molecule has 1 atom stereocenters. The molecule has 0 fully saturated rings. The van der Waals surface area contributed by atoms with Crippen LogP contribution in [-0.2, 0) is 28.6 Å². The maximum atomic E-state index is 12.9. The number of hydrogen-bond acceptors (Lipinski definition) is 6. The second-order valence-electron chi connectivity index (χ2n) is 23.1.